The topological polar surface area (TPSA) is 88.4 Å². The van der Waals surface area contributed by atoms with E-state index in [1.165, 1.54) is 24.0 Å². The Balaban J connectivity index is 1.54. The third-order valence-corrected chi connectivity index (χ3v) is 8.33. The van der Waals surface area contributed by atoms with Crippen LogP contribution in [0, 0.1) is 0 Å². The van der Waals surface area contributed by atoms with Gasteiger partial charge in [0.05, 0.1) is 37.6 Å². The van der Waals surface area contributed by atoms with Gasteiger partial charge in [0.25, 0.3) is 5.56 Å². The van der Waals surface area contributed by atoms with E-state index in [-0.39, 0.29) is 12.2 Å². The molecule has 6 rings (SSSR count). The first kappa shape index (κ1) is 26.6. The fourth-order valence-corrected chi connectivity index (χ4v) is 6.40. The molecule has 4 aromatic rings. The van der Waals surface area contributed by atoms with Crippen molar-refractivity contribution >= 4 is 29.1 Å². The van der Waals surface area contributed by atoms with E-state index in [1.54, 1.807) is 30.9 Å². The second-order valence-corrected chi connectivity index (χ2v) is 10.7. The number of aromatic nitrogens is 1. The first-order valence-electron chi connectivity index (χ1n) is 13.2. The summed E-state index contributed by atoms with van der Waals surface area (Å²) in [7, 11) is 4.57. The number of nitrogens with zero attached hydrogens (tertiary/aromatic N) is 2. The Morgan fingerprint density at radius 2 is 1.85 bits per heavy atom. The minimum atomic E-state index is -0.470. The van der Waals surface area contributed by atoms with Crippen molar-refractivity contribution in [2.45, 2.75) is 18.9 Å². The zero-order chi connectivity index (χ0) is 28.5. The summed E-state index contributed by atoms with van der Waals surface area (Å²) in [5.41, 5.74) is 5.79. The quantitative estimate of drug-likeness (QED) is 0.315. The number of fused-ring (bicyclic) bond motifs is 3. The summed E-state index contributed by atoms with van der Waals surface area (Å²) in [6.45, 7) is -0.197. The molecule has 1 aromatic heterocycles. The summed E-state index contributed by atoms with van der Waals surface area (Å²) in [4.78, 5) is 31.3. The monoisotopic (exact) mass is 568 g/mol. The molecule has 1 unspecified atom stereocenters. The number of benzene rings is 3. The Morgan fingerprint density at radius 1 is 1.00 bits per heavy atom. The number of rotatable bonds is 7. The highest BCUT2D eigenvalue weighted by molar-refractivity contribution is 7.07. The molecule has 0 saturated carbocycles. The number of carbonyl (C=O) groups excluding carboxylic acids is 1. The van der Waals surface area contributed by atoms with Crippen LogP contribution in [0.3, 0.4) is 0 Å². The maximum Gasteiger partial charge on any atom is 0.343 e. The second-order valence-electron chi connectivity index (χ2n) is 9.66. The number of allylic oxidation sites excluding steroid dienone is 1. The van der Waals surface area contributed by atoms with Crippen molar-refractivity contribution in [3.63, 3.8) is 0 Å². The van der Waals surface area contributed by atoms with E-state index in [0.717, 1.165) is 40.8 Å². The summed E-state index contributed by atoms with van der Waals surface area (Å²) in [6.07, 6.45) is 3.45. The number of aryl methyl sites for hydroxylation is 1. The van der Waals surface area contributed by atoms with Crippen molar-refractivity contribution in [1.29, 1.82) is 0 Å². The summed E-state index contributed by atoms with van der Waals surface area (Å²) < 4.78 is 23.9. The fourth-order valence-electron chi connectivity index (χ4n) is 5.40. The van der Waals surface area contributed by atoms with Gasteiger partial charge in [-0.1, -0.05) is 47.7 Å². The lowest BCUT2D eigenvalue weighted by Gasteiger charge is -2.31. The van der Waals surface area contributed by atoms with Gasteiger partial charge in [-0.05, 0) is 65.9 Å². The molecule has 2 heterocycles. The molecule has 9 heteroatoms. The molecule has 0 spiro atoms. The zero-order valence-corrected chi connectivity index (χ0v) is 23.7. The molecule has 0 N–H and O–H groups in total. The molecule has 1 aliphatic carbocycles. The molecule has 0 saturated heterocycles. The van der Waals surface area contributed by atoms with Crippen LogP contribution in [-0.2, 0) is 16.0 Å². The van der Waals surface area contributed by atoms with Gasteiger partial charge in [-0.2, -0.15) is 0 Å². The van der Waals surface area contributed by atoms with Gasteiger partial charge in [-0.3, -0.25) is 9.36 Å². The van der Waals surface area contributed by atoms with Gasteiger partial charge in [-0.15, -0.1) is 0 Å². The van der Waals surface area contributed by atoms with Gasteiger partial charge in [0, 0.05) is 11.1 Å². The van der Waals surface area contributed by atoms with Crippen molar-refractivity contribution in [2.75, 3.05) is 27.9 Å². The van der Waals surface area contributed by atoms with E-state index in [1.807, 2.05) is 48.5 Å². The van der Waals surface area contributed by atoms with Crippen LogP contribution in [0.15, 0.2) is 82.1 Å². The van der Waals surface area contributed by atoms with Crippen molar-refractivity contribution in [2.24, 2.45) is 4.99 Å². The van der Waals surface area contributed by atoms with Crippen LogP contribution in [0.1, 0.15) is 34.7 Å². The maximum absolute atomic E-state index is 14.1. The van der Waals surface area contributed by atoms with Gasteiger partial charge in [0.15, 0.2) is 11.4 Å². The van der Waals surface area contributed by atoms with Gasteiger partial charge < -0.3 is 18.9 Å². The lowest BCUT2D eigenvalue weighted by atomic mass is 9.83. The minimum absolute atomic E-state index is 0.144. The lowest BCUT2D eigenvalue weighted by molar-refractivity contribution is -0.142. The molecule has 1 atom stereocenters. The smallest absolute Gasteiger partial charge is 0.343 e. The highest BCUT2D eigenvalue weighted by Gasteiger charge is 2.34. The predicted molar refractivity (Wildman–Crippen MR) is 156 cm³/mol. The van der Waals surface area contributed by atoms with Crippen LogP contribution in [0.4, 0.5) is 0 Å². The molecule has 0 amide bonds. The Kier molecular flexibility index (Phi) is 7.19. The van der Waals surface area contributed by atoms with Gasteiger partial charge in [0.1, 0.15) is 17.2 Å². The number of carbonyl (C=O) groups is 1. The molecule has 3 aromatic carbocycles. The highest BCUT2D eigenvalue weighted by Crippen LogP contribution is 2.44. The molecule has 41 heavy (non-hydrogen) atoms. The van der Waals surface area contributed by atoms with Crippen LogP contribution in [0.25, 0.3) is 11.8 Å². The van der Waals surface area contributed by atoms with Gasteiger partial charge >= 0.3 is 5.97 Å². The summed E-state index contributed by atoms with van der Waals surface area (Å²) >= 11 is 1.34. The third kappa shape index (κ3) is 4.93. The molecule has 0 bridgehead atoms. The predicted octanol–water partition coefficient (Wildman–Crippen LogP) is 3.89. The standard InChI is InChI=1S/C32H28N2O6S/c1-37-21-12-14-26(38-2)25(17-21)30-24-13-11-20-8-4-5-10-23(20)29(24)33-32-34(30)31(36)27(41-32)16-19-7-6-9-22(15-19)40-18-28(35)39-3/h4-10,12,14-17,30H,11,13,18H2,1-3H3. The Labute approximate surface area is 240 Å². The normalized spacial score (nSPS) is 15.8. The Hall–Kier alpha value is -4.63. The molecule has 0 radical (unpaired) electrons. The first-order chi connectivity index (χ1) is 20.0. The van der Waals surface area contributed by atoms with Crippen LogP contribution in [-0.4, -0.2) is 38.5 Å². The van der Waals surface area contributed by atoms with E-state index in [9.17, 15) is 9.59 Å². The van der Waals surface area contributed by atoms with Crippen molar-refractivity contribution in [1.82, 2.24) is 4.57 Å². The number of methoxy groups -OCH3 is 3. The largest absolute Gasteiger partial charge is 0.497 e. The van der Waals surface area contributed by atoms with Gasteiger partial charge in [0.2, 0.25) is 0 Å². The average molecular weight is 569 g/mol. The highest BCUT2D eigenvalue weighted by atomic mass is 32.1. The van der Waals surface area contributed by atoms with E-state index < -0.39 is 12.0 Å². The SMILES string of the molecule is COC(=O)COc1cccc(C=c2sc3n(c2=O)C(c2cc(OC)ccc2OC)C2=C(N=3)c3ccccc3CC2)c1. The van der Waals surface area contributed by atoms with Gasteiger partial charge in [-0.25, -0.2) is 9.79 Å². The molecular formula is C32H28N2O6S. The van der Waals surface area contributed by atoms with E-state index in [0.29, 0.717) is 26.6 Å². The molecule has 208 valence electrons. The van der Waals surface area contributed by atoms with Crippen molar-refractivity contribution in [3.05, 3.63) is 114 Å². The number of hydrogen-bond donors (Lipinski definition) is 0. The van der Waals surface area contributed by atoms with Crippen LogP contribution < -0.4 is 29.1 Å². The number of hydrogen-bond acceptors (Lipinski definition) is 8. The van der Waals surface area contributed by atoms with Crippen LogP contribution in [0.5, 0.6) is 17.2 Å². The lowest BCUT2D eigenvalue weighted by Crippen LogP contribution is -2.39. The summed E-state index contributed by atoms with van der Waals surface area (Å²) in [6, 6.07) is 20.8. The maximum atomic E-state index is 14.1. The zero-order valence-electron chi connectivity index (χ0n) is 22.9. The Bertz CT molecular complexity index is 1870. The summed E-state index contributed by atoms with van der Waals surface area (Å²) in [5, 5.41) is 0. The molecule has 2 aliphatic rings. The van der Waals surface area contributed by atoms with Crippen LogP contribution in [0.2, 0.25) is 0 Å². The first-order valence-corrected chi connectivity index (χ1v) is 14.0. The molecule has 0 fully saturated rings. The summed E-state index contributed by atoms with van der Waals surface area (Å²) in [5.74, 6) is 1.39. The third-order valence-electron chi connectivity index (χ3n) is 7.34. The molecule has 1 aliphatic heterocycles. The Morgan fingerprint density at radius 3 is 2.66 bits per heavy atom. The number of ether oxygens (including phenoxy) is 4. The van der Waals surface area contributed by atoms with E-state index in [2.05, 4.69) is 16.9 Å². The van der Waals surface area contributed by atoms with E-state index >= 15 is 0 Å². The molecule has 8 nitrogen and oxygen atoms in total. The van der Waals surface area contributed by atoms with Crippen molar-refractivity contribution in [3.8, 4) is 17.2 Å². The second kappa shape index (κ2) is 11.1. The van der Waals surface area contributed by atoms with Crippen LogP contribution >= 0.6 is 11.3 Å². The molecular weight excluding hydrogens is 540 g/mol. The fraction of sp³-hybridized carbons (Fsp3) is 0.219. The number of thiazole rings is 1. The average Bonchev–Trinajstić information content (AvgIpc) is 3.32. The number of esters is 1. The van der Waals surface area contributed by atoms with E-state index in [4.69, 9.17) is 19.2 Å². The minimum Gasteiger partial charge on any atom is -0.497 e. The van der Waals surface area contributed by atoms with Crippen molar-refractivity contribution < 1.29 is 23.7 Å².